The second-order valence-electron chi connectivity index (χ2n) is 4.60. The molecule has 0 bridgehead atoms. The van der Waals surface area contributed by atoms with E-state index < -0.39 is 0 Å². The van der Waals surface area contributed by atoms with Crippen LogP contribution in [-0.2, 0) is 4.74 Å². The number of aliphatic hydroxyl groups is 1. The van der Waals surface area contributed by atoms with Crippen LogP contribution in [0.4, 0.5) is 0 Å². The maximum Gasteiger partial charge on any atom is 0.0785 e. The molecule has 16 heavy (non-hydrogen) atoms. The topological polar surface area (TPSA) is 41.5 Å². The third-order valence-corrected chi connectivity index (χ3v) is 2.82. The molecule has 0 aromatic heterocycles. The van der Waals surface area contributed by atoms with Gasteiger partial charge in [-0.3, -0.25) is 0 Å². The Morgan fingerprint density at radius 3 is 2.56 bits per heavy atom. The predicted octanol–water partition coefficient (Wildman–Crippen LogP) is 2.33. The van der Waals surface area contributed by atoms with Crippen LogP contribution in [0.5, 0.6) is 0 Å². The molecule has 0 aromatic carbocycles. The lowest BCUT2D eigenvalue weighted by molar-refractivity contribution is 0.0590. The van der Waals surface area contributed by atoms with Gasteiger partial charge in [-0.05, 0) is 26.3 Å². The molecule has 2 atom stereocenters. The van der Waals surface area contributed by atoms with Crippen LogP contribution in [0.25, 0.3) is 0 Å². The highest BCUT2D eigenvalue weighted by Crippen LogP contribution is 2.05. The summed E-state index contributed by atoms with van der Waals surface area (Å²) in [6.07, 6.45) is 6.97. The number of methoxy groups -OCH3 is 1. The molecule has 2 N–H and O–H groups in total. The summed E-state index contributed by atoms with van der Waals surface area (Å²) in [5.41, 5.74) is 0. The van der Waals surface area contributed by atoms with Crippen molar-refractivity contribution >= 4 is 0 Å². The van der Waals surface area contributed by atoms with Gasteiger partial charge < -0.3 is 15.2 Å². The minimum Gasteiger partial charge on any atom is -0.391 e. The first-order chi connectivity index (χ1) is 7.70. The lowest BCUT2D eigenvalue weighted by atomic mass is 10.1. The van der Waals surface area contributed by atoms with E-state index in [-0.39, 0.29) is 6.10 Å². The number of rotatable bonds is 11. The molecule has 0 saturated carbocycles. The van der Waals surface area contributed by atoms with Crippen molar-refractivity contribution < 1.29 is 9.84 Å². The average Bonchev–Trinajstić information content (AvgIpc) is 2.25. The Morgan fingerprint density at radius 1 is 1.19 bits per heavy atom. The molecule has 3 heteroatoms. The standard InChI is InChI=1S/C13H29NO2/c1-4-5-6-7-8-12(2)14-10-9-13(15)11-16-3/h12-15H,4-11H2,1-3H3. The highest BCUT2D eigenvalue weighted by Gasteiger charge is 2.05. The number of ether oxygens (including phenoxy) is 1. The highest BCUT2D eigenvalue weighted by atomic mass is 16.5. The number of nitrogens with one attached hydrogen (secondary N) is 1. The van der Waals surface area contributed by atoms with Crippen LogP contribution >= 0.6 is 0 Å². The van der Waals surface area contributed by atoms with Crippen LogP contribution in [-0.4, -0.2) is 37.5 Å². The van der Waals surface area contributed by atoms with Crippen LogP contribution in [0.3, 0.4) is 0 Å². The van der Waals surface area contributed by atoms with Gasteiger partial charge in [0.2, 0.25) is 0 Å². The zero-order valence-corrected chi connectivity index (χ0v) is 11.2. The van der Waals surface area contributed by atoms with Gasteiger partial charge in [0.25, 0.3) is 0 Å². The van der Waals surface area contributed by atoms with Crippen molar-refractivity contribution in [1.29, 1.82) is 0 Å². The summed E-state index contributed by atoms with van der Waals surface area (Å²) >= 11 is 0. The van der Waals surface area contributed by atoms with E-state index in [0.29, 0.717) is 12.6 Å². The van der Waals surface area contributed by atoms with E-state index in [1.54, 1.807) is 7.11 Å². The summed E-state index contributed by atoms with van der Waals surface area (Å²) in [5, 5.41) is 12.9. The Kier molecular flexibility index (Phi) is 11.3. The average molecular weight is 231 g/mol. The zero-order chi connectivity index (χ0) is 12.2. The fourth-order valence-electron chi connectivity index (χ4n) is 1.75. The minimum absolute atomic E-state index is 0.329. The third-order valence-electron chi connectivity index (χ3n) is 2.82. The number of unbranched alkanes of at least 4 members (excludes halogenated alkanes) is 3. The van der Waals surface area contributed by atoms with Crippen LogP contribution < -0.4 is 5.32 Å². The van der Waals surface area contributed by atoms with Crippen LogP contribution in [0.15, 0.2) is 0 Å². The third kappa shape index (κ3) is 10.4. The molecule has 0 saturated heterocycles. The van der Waals surface area contributed by atoms with Crippen molar-refractivity contribution in [2.75, 3.05) is 20.3 Å². The summed E-state index contributed by atoms with van der Waals surface area (Å²) in [7, 11) is 1.62. The number of hydrogen-bond acceptors (Lipinski definition) is 3. The van der Waals surface area contributed by atoms with Crippen LogP contribution in [0, 0.1) is 0 Å². The molecule has 0 aromatic rings. The molecule has 0 heterocycles. The second kappa shape index (κ2) is 11.4. The van der Waals surface area contributed by atoms with E-state index in [9.17, 15) is 5.11 Å². The first-order valence-electron chi connectivity index (χ1n) is 6.61. The maximum atomic E-state index is 9.44. The highest BCUT2D eigenvalue weighted by molar-refractivity contribution is 4.63. The van der Waals surface area contributed by atoms with Gasteiger partial charge >= 0.3 is 0 Å². The van der Waals surface area contributed by atoms with Gasteiger partial charge in [-0.15, -0.1) is 0 Å². The molecule has 0 spiro atoms. The number of hydrogen-bond donors (Lipinski definition) is 2. The first kappa shape index (κ1) is 15.9. The van der Waals surface area contributed by atoms with E-state index in [4.69, 9.17) is 4.74 Å². The van der Waals surface area contributed by atoms with Gasteiger partial charge in [-0.1, -0.05) is 32.6 Å². The van der Waals surface area contributed by atoms with Gasteiger partial charge in [0, 0.05) is 13.2 Å². The van der Waals surface area contributed by atoms with Crippen molar-refractivity contribution in [3.63, 3.8) is 0 Å². The van der Waals surface area contributed by atoms with Crippen LogP contribution in [0.2, 0.25) is 0 Å². The van der Waals surface area contributed by atoms with Gasteiger partial charge in [-0.25, -0.2) is 0 Å². The Morgan fingerprint density at radius 2 is 1.94 bits per heavy atom. The van der Waals surface area contributed by atoms with Crippen molar-refractivity contribution in [2.45, 2.75) is 64.5 Å². The van der Waals surface area contributed by atoms with E-state index in [0.717, 1.165) is 13.0 Å². The predicted molar refractivity (Wildman–Crippen MR) is 68.7 cm³/mol. The molecular weight excluding hydrogens is 202 g/mol. The lowest BCUT2D eigenvalue weighted by Gasteiger charge is -2.15. The Bertz CT molecular complexity index is 142. The molecule has 0 fully saturated rings. The van der Waals surface area contributed by atoms with Crippen molar-refractivity contribution in [3.8, 4) is 0 Å². The van der Waals surface area contributed by atoms with Crippen molar-refractivity contribution in [2.24, 2.45) is 0 Å². The molecule has 98 valence electrons. The fraction of sp³-hybridized carbons (Fsp3) is 1.00. The zero-order valence-electron chi connectivity index (χ0n) is 11.2. The molecule has 0 aliphatic rings. The summed E-state index contributed by atoms with van der Waals surface area (Å²) < 4.78 is 4.88. The quantitative estimate of drug-likeness (QED) is 0.536. The van der Waals surface area contributed by atoms with Gasteiger partial charge in [0.15, 0.2) is 0 Å². The fourth-order valence-corrected chi connectivity index (χ4v) is 1.75. The first-order valence-corrected chi connectivity index (χ1v) is 6.61. The van der Waals surface area contributed by atoms with E-state index >= 15 is 0 Å². The minimum atomic E-state index is -0.329. The normalized spacial score (nSPS) is 15.0. The van der Waals surface area contributed by atoms with Gasteiger partial charge in [0.1, 0.15) is 0 Å². The lowest BCUT2D eigenvalue weighted by Crippen LogP contribution is -2.30. The molecule has 0 rings (SSSR count). The van der Waals surface area contributed by atoms with Gasteiger partial charge in [-0.2, -0.15) is 0 Å². The van der Waals surface area contributed by atoms with Gasteiger partial charge in [0.05, 0.1) is 12.7 Å². The largest absolute Gasteiger partial charge is 0.391 e. The van der Waals surface area contributed by atoms with E-state index in [2.05, 4.69) is 19.2 Å². The Labute approximate surface area is 101 Å². The number of aliphatic hydroxyl groups excluding tert-OH is 1. The molecular formula is C13H29NO2. The SMILES string of the molecule is CCCCCCC(C)NCCC(O)COC. The maximum absolute atomic E-state index is 9.44. The smallest absolute Gasteiger partial charge is 0.0785 e. The van der Waals surface area contributed by atoms with E-state index in [1.165, 1.54) is 32.1 Å². The molecule has 0 aliphatic heterocycles. The molecule has 0 aliphatic carbocycles. The van der Waals surface area contributed by atoms with Crippen molar-refractivity contribution in [1.82, 2.24) is 5.32 Å². The Hall–Kier alpha value is -0.120. The summed E-state index contributed by atoms with van der Waals surface area (Å²) in [6, 6.07) is 0.562. The Balaban J connectivity index is 3.26. The molecule has 2 unspecified atom stereocenters. The molecule has 3 nitrogen and oxygen atoms in total. The summed E-state index contributed by atoms with van der Waals surface area (Å²) in [5.74, 6) is 0. The van der Waals surface area contributed by atoms with E-state index in [1.807, 2.05) is 0 Å². The van der Waals surface area contributed by atoms with Crippen molar-refractivity contribution in [3.05, 3.63) is 0 Å². The van der Waals surface area contributed by atoms with Crippen LogP contribution in [0.1, 0.15) is 52.4 Å². The summed E-state index contributed by atoms with van der Waals surface area (Å²) in [4.78, 5) is 0. The molecule has 0 radical (unpaired) electrons. The summed E-state index contributed by atoms with van der Waals surface area (Å²) in [6.45, 7) is 5.76. The monoisotopic (exact) mass is 231 g/mol. The second-order valence-corrected chi connectivity index (χ2v) is 4.60. The molecule has 0 amide bonds.